The van der Waals surface area contributed by atoms with Gasteiger partial charge in [0.15, 0.2) is 0 Å². The molecule has 1 N–H and O–H groups in total. The summed E-state index contributed by atoms with van der Waals surface area (Å²) in [4.78, 5) is 14.2. The molecule has 2 aromatic rings. The average molecular weight is 366 g/mol. The van der Waals surface area contributed by atoms with E-state index in [1.807, 2.05) is 24.3 Å². The molecule has 23 heavy (non-hydrogen) atoms. The van der Waals surface area contributed by atoms with Gasteiger partial charge in [-0.05, 0) is 43.3 Å². The normalized spacial score (nSPS) is 10.5. The van der Waals surface area contributed by atoms with E-state index in [-0.39, 0.29) is 5.91 Å². The minimum absolute atomic E-state index is 0.112. The number of amides is 1. The van der Waals surface area contributed by atoms with Crippen molar-refractivity contribution < 1.29 is 4.79 Å². The maximum Gasteiger partial charge on any atom is 0.220 e. The van der Waals surface area contributed by atoms with E-state index in [1.165, 1.54) is 15.4 Å². The van der Waals surface area contributed by atoms with Crippen molar-refractivity contribution in [2.45, 2.75) is 23.1 Å². The molecule has 122 valence electrons. The maximum absolute atomic E-state index is 11.8. The first kappa shape index (κ1) is 18.2. The second kappa shape index (κ2) is 9.91. The second-order valence-electron chi connectivity index (χ2n) is 5.06. The van der Waals surface area contributed by atoms with Crippen LogP contribution < -0.4 is 5.32 Å². The van der Waals surface area contributed by atoms with Crippen molar-refractivity contribution >= 4 is 41.0 Å². The fourth-order valence-corrected chi connectivity index (χ4v) is 3.62. The topological polar surface area (TPSA) is 29.1 Å². The summed E-state index contributed by atoms with van der Waals surface area (Å²) in [6.45, 7) is 2.76. The third-order valence-electron chi connectivity index (χ3n) is 3.13. The molecule has 2 rings (SSSR count). The number of halogens is 1. The van der Waals surface area contributed by atoms with Crippen molar-refractivity contribution in [3.05, 3.63) is 59.1 Å². The Kier molecular flexibility index (Phi) is 7.86. The molecule has 0 aliphatic heterocycles. The number of hydrogen-bond acceptors (Lipinski definition) is 3. The molecule has 0 saturated carbocycles. The van der Waals surface area contributed by atoms with Gasteiger partial charge in [0.05, 0.1) is 0 Å². The molecule has 0 aliphatic carbocycles. The van der Waals surface area contributed by atoms with E-state index in [0.29, 0.717) is 13.0 Å². The first-order valence-electron chi connectivity index (χ1n) is 7.48. The van der Waals surface area contributed by atoms with Gasteiger partial charge in [-0.15, -0.1) is 23.5 Å². The van der Waals surface area contributed by atoms with Crippen LogP contribution in [0.15, 0.2) is 58.3 Å². The summed E-state index contributed by atoms with van der Waals surface area (Å²) in [5.41, 5.74) is 1.25. The number of rotatable bonds is 8. The number of carbonyl (C=O) groups excluding carboxylic acids is 1. The van der Waals surface area contributed by atoms with E-state index in [2.05, 4.69) is 36.5 Å². The summed E-state index contributed by atoms with van der Waals surface area (Å²) in [7, 11) is 0. The highest BCUT2D eigenvalue weighted by molar-refractivity contribution is 7.99. The molecule has 5 heteroatoms. The van der Waals surface area contributed by atoms with Crippen LogP contribution in [-0.4, -0.2) is 24.0 Å². The number of aryl methyl sites for hydroxylation is 1. The summed E-state index contributed by atoms with van der Waals surface area (Å²) < 4.78 is 0. The molecule has 0 aliphatic rings. The first-order valence-corrected chi connectivity index (χ1v) is 9.83. The lowest BCUT2D eigenvalue weighted by Crippen LogP contribution is -2.25. The Hall–Kier alpha value is -1.10. The number of thioether (sulfide) groups is 2. The molecule has 2 aromatic carbocycles. The van der Waals surface area contributed by atoms with Crippen LogP contribution >= 0.6 is 35.1 Å². The summed E-state index contributed by atoms with van der Waals surface area (Å²) in [5, 5.41) is 3.70. The van der Waals surface area contributed by atoms with Crippen LogP contribution in [0.2, 0.25) is 5.02 Å². The van der Waals surface area contributed by atoms with Crippen molar-refractivity contribution in [3.63, 3.8) is 0 Å². The molecule has 0 spiro atoms. The van der Waals surface area contributed by atoms with Crippen LogP contribution in [0.25, 0.3) is 0 Å². The van der Waals surface area contributed by atoms with Gasteiger partial charge in [-0.3, -0.25) is 4.79 Å². The van der Waals surface area contributed by atoms with E-state index in [9.17, 15) is 4.79 Å². The van der Waals surface area contributed by atoms with Crippen LogP contribution in [0.4, 0.5) is 0 Å². The van der Waals surface area contributed by atoms with Crippen molar-refractivity contribution in [2.75, 3.05) is 18.1 Å². The zero-order valence-corrected chi connectivity index (χ0v) is 15.4. The lowest BCUT2D eigenvalue weighted by atomic mass is 10.2. The Morgan fingerprint density at radius 1 is 0.957 bits per heavy atom. The highest BCUT2D eigenvalue weighted by Gasteiger charge is 2.02. The maximum atomic E-state index is 11.8. The van der Waals surface area contributed by atoms with Gasteiger partial charge < -0.3 is 5.32 Å². The second-order valence-corrected chi connectivity index (χ2v) is 7.84. The Bertz CT molecular complexity index is 614. The Morgan fingerprint density at radius 2 is 1.52 bits per heavy atom. The zero-order chi connectivity index (χ0) is 16.5. The van der Waals surface area contributed by atoms with Gasteiger partial charge in [-0.25, -0.2) is 0 Å². The van der Waals surface area contributed by atoms with E-state index in [4.69, 9.17) is 11.6 Å². The number of carbonyl (C=O) groups is 1. The molecular formula is C18H20ClNOS2. The quantitative estimate of drug-likeness (QED) is 0.525. The molecule has 1 amide bonds. The van der Waals surface area contributed by atoms with Gasteiger partial charge in [-0.2, -0.15) is 0 Å². The SMILES string of the molecule is Cc1ccc(SCCC(=O)NCCSc2ccc(Cl)cc2)cc1. The van der Waals surface area contributed by atoms with Crippen molar-refractivity contribution in [3.8, 4) is 0 Å². The largest absolute Gasteiger partial charge is 0.355 e. The van der Waals surface area contributed by atoms with Gasteiger partial charge in [0, 0.05) is 39.3 Å². The van der Waals surface area contributed by atoms with Gasteiger partial charge in [-0.1, -0.05) is 29.3 Å². The van der Waals surface area contributed by atoms with Gasteiger partial charge >= 0.3 is 0 Å². The summed E-state index contributed by atoms with van der Waals surface area (Å²) in [5.74, 6) is 1.78. The number of hydrogen-bond donors (Lipinski definition) is 1. The number of benzene rings is 2. The zero-order valence-electron chi connectivity index (χ0n) is 13.0. The van der Waals surface area contributed by atoms with Crippen LogP contribution in [0.5, 0.6) is 0 Å². The first-order chi connectivity index (χ1) is 11.1. The summed E-state index contributed by atoms with van der Waals surface area (Å²) in [6, 6.07) is 16.1. The molecule has 0 fully saturated rings. The van der Waals surface area contributed by atoms with E-state index in [0.717, 1.165) is 16.5 Å². The highest BCUT2D eigenvalue weighted by atomic mass is 35.5. The fraction of sp³-hybridized carbons (Fsp3) is 0.278. The molecule has 0 aromatic heterocycles. The molecule has 0 bridgehead atoms. The van der Waals surface area contributed by atoms with Gasteiger partial charge in [0.25, 0.3) is 0 Å². The van der Waals surface area contributed by atoms with Crippen LogP contribution in [0.3, 0.4) is 0 Å². The van der Waals surface area contributed by atoms with Crippen LogP contribution in [0.1, 0.15) is 12.0 Å². The fourth-order valence-electron chi connectivity index (χ4n) is 1.87. The van der Waals surface area contributed by atoms with E-state index in [1.54, 1.807) is 23.5 Å². The molecule has 0 atom stereocenters. The standard InChI is InChI=1S/C18H20ClNOS2/c1-14-2-6-16(7-3-14)22-12-10-18(21)20-11-13-23-17-8-4-15(19)5-9-17/h2-9H,10-13H2,1H3,(H,20,21). The van der Waals surface area contributed by atoms with Crippen LogP contribution in [-0.2, 0) is 4.79 Å². The van der Waals surface area contributed by atoms with Crippen molar-refractivity contribution in [1.29, 1.82) is 0 Å². The predicted molar refractivity (Wildman–Crippen MR) is 102 cm³/mol. The number of nitrogens with one attached hydrogen (secondary N) is 1. The minimum atomic E-state index is 0.112. The van der Waals surface area contributed by atoms with Gasteiger partial charge in [0.2, 0.25) is 5.91 Å². The van der Waals surface area contributed by atoms with Crippen molar-refractivity contribution in [2.24, 2.45) is 0 Å². The predicted octanol–water partition coefficient (Wildman–Crippen LogP) is 5.04. The van der Waals surface area contributed by atoms with E-state index >= 15 is 0 Å². The molecule has 0 saturated heterocycles. The highest BCUT2D eigenvalue weighted by Crippen LogP contribution is 2.20. The molecule has 0 radical (unpaired) electrons. The smallest absolute Gasteiger partial charge is 0.220 e. The molecule has 0 heterocycles. The Morgan fingerprint density at radius 3 is 2.17 bits per heavy atom. The van der Waals surface area contributed by atoms with E-state index < -0.39 is 0 Å². The molecule has 2 nitrogen and oxygen atoms in total. The lowest BCUT2D eigenvalue weighted by molar-refractivity contribution is -0.120. The summed E-state index contributed by atoms with van der Waals surface area (Å²) in [6.07, 6.45) is 0.546. The minimum Gasteiger partial charge on any atom is -0.355 e. The van der Waals surface area contributed by atoms with Gasteiger partial charge in [0.1, 0.15) is 0 Å². The Balaban J connectivity index is 1.56. The molecular weight excluding hydrogens is 346 g/mol. The monoisotopic (exact) mass is 365 g/mol. The molecule has 0 unspecified atom stereocenters. The Labute approximate surface area is 151 Å². The lowest BCUT2D eigenvalue weighted by Gasteiger charge is -2.06. The summed E-state index contributed by atoms with van der Waals surface area (Å²) >= 11 is 9.28. The van der Waals surface area contributed by atoms with Crippen molar-refractivity contribution in [1.82, 2.24) is 5.32 Å². The average Bonchev–Trinajstić information content (AvgIpc) is 2.55. The third kappa shape index (κ3) is 7.34. The van der Waals surface area contributed by atoms with Crippen LogP contribution in [0, 0.1) is 6.92 Å². The third-order valence-corrected chi connectivity index (χ3v) is 5.40.